The second-order valence-corrected chi connectivity index (χ2v) is 7.50. The van der Waals surface area contributed by atoms with Crippen LogP contribution in [0.2, 0.25) is 0 Å². The van der Waals surface area contributed by atoms with Crippen LogP contribution < -0.4 is 10.6 Å². The number of hydrogen-bond donors (Lipinski definition) is 2. The fourth-order valence-corrected chi connectivity index (χ4v) is 3.75. The van der Waals surface area contributed by atoms with Crippen molar-refractivity contribution in [1.82, 2.24) is 14.8 Å². The van der Waals surface area contributed by atoms with Crippen molar-refractivity contribution in [3.8, 4) is 0 Å². The molecule has 0 atom stereocenters. The second kappa shape index (κ2) is 7.44. The number of anilines is 2. The third-order valence-electron chi connectivity index (χ3n) is 5.31. The lowest BCUT2D eigenvalue weighted by molar-refractivity contribution is -0.114. The first-order chi connectivity index (χ1) is 12.3. The zero-order valence-corrected chi connectivity index (χ0v) is 14.7. The lowest BCUT2D eigenvalue weighted by Crippen LogP contribution is -2.50. The van der Waals surface area contributed by atoms with Gasteiger partial charge in [0.05, 0.1) is 25.2 Å². The van der Waals surface area contributed by atoms with Crippen LogP contribution in [0.3, 0.4) is 0 Å². The minimum Gasteiger partial charge on any atom is -0.384 e. The molecule has 2 N–H and O–H groups in total. The van der Waals surface area contributed by atoms with E-state index in [9.17, 15) is 0 Å². The Bertz CT molecular complexity index is 645. The lowest BCUT2D eigenvalue weighted by Gasteiger charge is -2.41. The summed E-state index contributed by atoms with van der Waals surface area (Å²) in [5.74, 6) is 0. The van der Waals surface area contributed by atoms with Crippen molar-refractivity contribution in [1.29, 1.82) is 0 Å². The summed E-state index contributed by atoms with van der Waals surface area (Å²) in [4.78, 5) is 4.02. The van der Waals surface area contributed by atoms with E-state index >= 15 is 0 Å². The summed E-state index contributed by atoms with van der Waals surface area (Å²) in [6.07, 6.45) is 10.0. The number of benzene rings is 1. The van der Waals surface area contributed by atoms with Gasteiger partial charge in [-0.2, -0.15) is 5.10 Å². The molecule has 1 aromatic carbocycles. The van der Waals surface area contributed by atoms with Gasteiger partial charge in [0.15, 0.2) is 0 Å². The Morgan fingerprint density at radius 2 is 1.84 bits per heavy atom. The van der Waals surface area contributed by atoms with Crippen LogP contribution in [0.15, 0.2) is 36.9 Å². The highest BCUT2D eigenvalue weighted by Gasteiger charge is 2.39. The Balaban J connectivity index is 1.30. The number of aromatic nitrogens is 3. The van der Waals surface area contributed by atoms with Gasteiger partial charge in [-0.05, 0) is 37.1 Å². The predicted molar refractivity (Wildman–Crippen MR) is 98.7 cm³/mol. The number of hydrogen-bond acceptors (Lipinski definition) is 5. The Hall–Kier alpha value is -2.08. The van der Waals surface area contributed by atoms with Crippen molar-refractivity contribution < 1.29 is 4.74 Å². The number of nitrogens with zero attached hydrogens (tertiary/aromatic N) is 3. The van der Waals surface area contributed by atoms with Gasteiger partial charge in [0.2, 0.25) is 0 Å². The van der Waals surface area contributed by atoms with Crippen LogP contribution >= 0.6 is 0 Å². The van der Waals surface area contributed by atoms with Crippen molar-refractivity contribution in [2.24, 2.45) is 5.41 Å². The Kier molecular flexibility index (Phi) is 4.88. The van der Waals surface area contributed by atoms with E-state index < -0.39 is 0 Å². The fourth-order valence-electron chi connectivity index (χ4n) is 3.75. The van der Waals surface area contributed by atoms with E-state index in [4.69, 9.17) is 4.74 Å². The van der Waals surface area contributed by atoms with Crippen LogP contribution in [-0.4, -0.2) is 40.6 Å². The second-order valence-electron chi connectivity index (χ2n) is 7.50. The van der Waals surface area contributed by atoms with Gasteiger partial charge >= 0.3 is 0 Å². The normalized spacial score (nSPS) is 20.0. The maximum Gasteiger partial charge on any atom is 0.137 e. The molecule has 1 saturated carbocycles. The van der Waals surface area contributed by atoms with Crippen LogP contribution in [0.25, 0.3) is 0 Å². The van der Waals surface area contributed by atoms with E-state index in [2.05, 4.69) is 45.0 Å². The molecule has 25 heavy (non-hydrogen) atoms. The average Bonchev–Trinajstić information content (AvgIpc) is 3.12. The molecular weight excluding hydrogens is 314 g/mol. The molecule has 1 saturated heterocycles. The molecule has 0 unspecified atom stereocenters. The number of nitrogens with one attached hydrogen (secondary N) is 2. The molecular formula is C19H27N5O. The van der Waals surface area contributed by atoms with Gasteiger partial charge in [0.1, 0.15) is 12.7 Å². The largest absolute Gasteiger partial charge is 0.384 e. The van der Waals surface area contributed by atoms with E-state index in [-0.39, 0.29) is 5.41 Å². The van der Waals surface area contributed by atoms with E-state index in [1.165, 1.54) is 37.8 Å². The van der Waals surface area contributed by atoms with Crippen LogP contribution in [0.5, 0.6) is 0 Å². The summed E-state index contributed by atoms with van der Waals surface area (Å²) in [6.45, 7) is 3.24. The van der Waals surface area contributed by atoms with E-state index in [1.807, 2.05) is 4.68 Å². The molecule has 2 fully saturated rings. The first kappa shape index (κ1) is 16.4. The zero-order chi connectivity index (χ0) is 17.0. The standard InChI is InChI=1S/C19H27N5O/c1-2-4-17(5-3-1)23-18-8-6-16(7-9-18)21-10-19(12-25-13-19)11-24-15-20-14-22-24/h6-9,14-15,17,21,23H,1-5,10-13H2. The van der Waals surface area contributed by atoms with Crippen LogP contribution in [-0.2, 0) is 11.3 Å². The molecule has 2 heterocycles. The lowest BCUT2D eigenvalue weighted by atomic mass is 9.85. The SMILES string of the molecule is c1ncn(CC2(CNc3ccc(NC4CCCCC4)cc3)COC2)n1. The molecule has 1 aliphatic carbocycles. The highest BCUT2D eigenvalue weighted by Crippen LogP contribution is 2.30. The molecule has 1 aliphatic heterocycles. The first-order valence-corrected chi connectivity index (χ1v) is 9.32. The number of rotatable bonds is 7. The fraction of sp³-hybridized carbons (Fsp3) is 0.579. The topological polar surface area (TPSA) is 64.0 Å². The third-order valence-corrected chi connectivity index (χ3v) is 5.31. The quantitative estimate of drug-likeness (QED) is 0.810. The highest BCUT2D eigenvalue weighted by molar-refractivity contribution is 5.54. The predicted octanol–water partition coefficient (Wildman–Crippen LogP) is 3.15. The highest BCUT2D eigenvalue weighted by atomic mass is 16.5. The molecule has 2 aliphatic rings. The van der Waals surface area contributed by atoms with Gasteiger partial charge in [-0.15, -0.1) is 0 Å². The molecule has 2 aromatic rings. The summed E-state index contributed by atoms with van der Waals surface area (Å²) in [5.41, 5.74) is 2.48. The van der Waals surface area contributed by atoms with Crippen molar-refractivity contribution >= 4 is 11.4 Å². The van der Waals surface area contributed by atoms with Gasteiger partial charge in [0.25, 0.3) is 0 Å². The smallest absolute Gasteiger partial charge is 0.137 e. The Morgan fingerprint density at radius 3 is 2.48 bits per heavy atom. The van der Waals surface area contributed by atoms with E-state index in [1.54, 1.807) is 12.7 Å². The molecule has 6 heteroatoms. The van der Waals surface area contributed by atoms with Crippen molar-refractivity contribution in [2.45, 2.75) is 44.7 Å². The molecule has 0 radical (unpaired) electrons. The van der Waals surface area contributed by atoms with E-state index in [0.717, 1.165) is 32.0 Å². The minimum atomic E-state index is 0.104. The van der Waals surface area contributed by atoms with Crippen molar-refractivity contribution in [3.63, 3.8) is 0 Å². The monoisotopic (exact) mass is 341 g/mol. The first-order valence-electron chi connectivity index (χ1n) is 9.32. The van der Waals surface area contributed by atoms with Crippen LogP contribution in [0.4, 0.5) is 11.4 Å². The summed E-state index contributed by atoms with van der Waals surface area (Å²) >= 11 is 0. The maximum absolute atomic E-state index is 5.47. The van der Waals surface area contributed by atoms with Crippen LogP contribution in [0, 0.1) is 5.41 Å². The summed E-state index contributed by atoms with van der Waals surface area (Å²) in [7, 11) is 0. The molecule has 4 rings (SSSR count). The maximum atomic E-state index is 5.47. The van der Waals surface area contributed by atoms with Gasteiger partial charge in [-0.1, -0.05) is 19.3 Å². The van der Waals surface area contributed by atoms with Crippen molar-refractivity contribution in [2.75, 3.05) is 30.4 Å². The summed E-state index contributed by atoms with van der Waals surface area (Å²) in [6, 6.07) is 9.32. The van der Waals surface area contributed by atoms with Gasteiger partial charge in [-0.3, -0.25) is 4.68 Å². The molecule has 0 spiro atoms. The van der Waals surface area contributed by atoms with Gasteiger partial charge < -0.3 is 15.4 Å². The third kappa shape index (κ3) is 4.12. The zero-order valence-electron chi connectivity index (χ0n) is 14.7. The Morgan fingerprint density at radius 1 is 1.08 bits per heavy atom. The summed E-state index contributed by atoms with van der Waals surface area (Å²) in [5, 5.41) is 11.4. The molecule has 1 aromatic heterocycles. The molecule has 6 nitrogen and oxygen atoms in total. The van der Waals surface area contributed by atoms with E-state index in [0.29, 0.717) is 6.04 Å². The number of ether oxygens (including phenoxy) is 1. The van der Waals surface area contributed by atoms with Crippen molar-refractivity contribution in [3.05, 3.63) is 36.9 Å². The van der Waals surface area contributed by atoms with Gasteiger partial charge in [-0.25, -0.2) is 4.98 Å². The minimum absolute atomic E-state index is 0.104. The average molecular weight is 341 g/mol. The molecule has 0 amide bonds. The molecule has 0 bridgehead atoms. The summed E-state index contributed by atoms with van der Waals surface area (Å²) < 4.78 is 7.36. The Labute approximate surface area is 149 Å². The molecule has 134 valence electrons. The van der Waals surface area contributed by atoms with Crippen LogP contribution in [0.1, 0.15) is 32.1 Å². The van der Waals surface area contributed by atoms with Gasteiger partial charge in [0, 0.05) is 24.0 Å².